The molecule has 0 aliphatic heterocycles. The van der Waals surface area contributed by atoms with E-state index in [9.17, 15) is 0 Å². The van der Waals surface area contributed by atoms with E-state index in [2.05, 4.69) is 35.6 Å². The van der Waals surface area contributed by atoms with Crippen LogP contribution >= 0.6 is 0 Å². The number of hydrogen-bond acceptors (Lipinski definition) is 3. The molecule has 114 valence electrons. The van der Waals surface area contributed by atoms with E-state index < -0.39 is 0 Å². The van der Waals surface area contributed by atoms with Crippen LogP contribution in [0.4, 0.5) is 0 Å². The quantitative estimate of drug-likeness (QED) is 0.740. The van der Waals surface area contributed by atoms with Crippen molar-refractivity contribution in [3.05, 3.63) is 65.9 Å². The molecule has 3 nitrogen and oxygen atoms in total. The zero-order chi connectivity index (χ0) is 15.4. The van der Waals surface area contributed by atoms with Crippen LogP contribution in [0.3, 0.4) is 0 Å². The second kappa shape index (κ2) is 6.67. The normalized spacial score (nSPS) is 12.5. The fourth-order valence-corrected chi connectivity index (χ4v) is 2.78. The Balaban J connectivity index is 2.00. The average Bonchev–Trinajstić information content (AvgIpc) is 2.98. The van der Waals surface area contributed by atoms with Gasteiger partial charge in [-0.2, -0.15) is 0 Å². The maximum atomic E-state index is 6.12. The summed E-state index contributed by atoms with van der Waals surface area (Å²) in [6, 6.07) is 18.6. The Morgan fingerprint density at radius 1 is 1.09 bits per heavy atom. The van der Waals surface area contributed by atoms with Crippen LogP contribution in [0.25, 0.3) is 11.0 Å². The van der Waals surface area contributed by atoms with Crippen molar-refractivity contribution >= 4 is 11.0 Å². The molecule has 3 aromatic rings. The summed E-state index contributed by atoms with van der Waals surface area (Å²) in [6.07, 6.45) is 0.997. The summed E-state index contributed by atoms with van der Waals surface area (Å²) in [4.78, 5) is 0. The first kappa shape index (κ1) is 14.7. The first-order chi connectivity index (χ1) is 10.8. The summed E-state index contributed by atoms with van der Waals surface area (Å²) in [5.41, 5.74) is 2.16. The van der Waals surface area contributed by atoms with E-state index in [-0.39, 0.29) is 5.92 Å². The summed E-state index contributed by atoms with van der Waals surface area (Å²) in [7, 11) is 3.65. The minimum atomic E-state index is 0.257. The highest BCUT2D eigenvalue weighted by Gasteiger charge is 2.18. The molecule has 22 heavy (non-hydrogen) atoms. The molecule has 2 aromatic carbocycles. The zero-order valence-corrected chi connectivity index (χ0v) is 13.0. The maximum Gasteiger partial charge on any atom is 0.137 e. The predicted molar refractivity (Wildman–Crippen MR) is 89.6 cm³/mol. The first-order valence-corrected chi connectivity index (χ1v) is 7.59. The van der Waals surface area contributed by atoms with Gasteiger partial charge in [-0.25, -0.2) is 0 Å². The minimum Gasteiger partial charge on any atom is -0.497 e. The fraction of sp³-hybridized carbons (Fsp3) is 0.263. The Labute approximate surface area is 130 Å². The van der Waals surface area contributed by atoms with Crippen molar-refractivity contribution in [1.82, 2.24) is 5.32 Å². The SMILES string of the molecule is CNCCC(c1ccccc1)c1cc2ccc(OC)cc2o1. The largest absolute Gasteiger partial charge is 0.497 e. The third-order valence-electron chi connectivity index (χ3n) is 3.97. The molecule has 0 spiro atoms. The van der Waals surface area contributed by atoms with Gasteiger partial charge in [-0.3, -0.25) is 0 Å². The lowest BCUT2D eigenvalue weighted by Crippen LogP contribution is -2.12. The van der Waals surface area contributed by atoms with Crippen LogP contribution in [0.5, 0.6) is 5.75 Å². The molecule has 0 saturated carbocycles. The van der Waals surface area contributed by atoms with Gasteiger partial charge in [0.1, 0.15) is 17.1 Å². The molecule has 0 aliphatic carbocycles. The van der Waals surface area contributed by atoms with Crippen molar-refractivity contribution < 1.29 is 9.15 Å². The number of hydrogen-bond donors (Lipinski definition) is 1. The summed E-state index contributed by atoms with van der Waals surface area (Å²) in [6.45, 7) is 0.944. The van der Waals surface area contributed by atoms with Crippen LogP contribution in [0.15, 0.2) is 59.0 Å². The molecule has 1 N–H and O–H groups in total. The van der Waals surface area contributed by atoms with Gasteiger partial charge in [-0.05, 0) is 43.8 Å². The molecular formula is C19H21NO2. The Morgan fingerprint density at radius 2 is 1.91 bits per heavy atom. The van der Waals surface area contributed by atoms with E-state index in [1.54, 1.807) is 7.11 Å². The van der Waals surface area contributed by atoms with Crippen LogP contribution in [-0.4, -0.2) is 20.7 Å². The smallest absolute Gasteiger partial charge is 0.137 e. The lowest BCUT2D eigenvalue weighted by molar-refractivity contribution is 0.414. The van der Waals surface area contributed by atoms with Gasteiger partial charge in [-0.15, -0.1) is 0 Å². The highest BCUT2D eigenvalue weighted by molar-refractivity contribution is 5.79. The summed E-state index contributed by atoms with van der Waals surface area (Å²) in [5, 5.41) is 4.34. The molecule has 0 amide bonds. The lowest BCUT2D eigenvalue weighted by Gasteiger charge is -2.14. The third-order valence-corrected chi connectivity index (χ3v) is 3.97. The molecule has 0 aliphatic rings. The summed E-state index contributed by atoms with van der Waals surface area (Å²) in [5.74, 6) is 2.08. The molecule has 3 heteroatoms. The molecule has 0 bridgehead atoms. The fourth-order valence-electron chi connectivity index (χ4n) is 2.78. The number of benzene rings is 2. The highest BCUT2D eigenvalue weighted by atomic mass is 16.5. The van der Waals surface area contributed by atoms with Crippen LogP contribution in [-0.2, 0) is 0 Å². The molecule has 0 radical (unpaired) electrons. The van der Waals surface area contributed by atoms with E-state index >= 15 is 0 Å². The van der Waals surface area contributed by atoms with Gasteiger partial charge in [-0.1, -0.05) is 30.3 Å². The highest BCUT2D eigenvalue weighted by Crippen LogP contribution is 2.33. The number of rotatable bonds is 6. The van der Waals surface area contributed by atoms with Crippen LogP contribution in [0, 0.1) is 0 Å². The Morgan fingerprint density at radius 3 is 2.64 bits per heavy atom. The van der Waals surface area contributed by atoms with E-state index in [1.807, 2.05) is 31.3 Å². The minimum absolute atomic E-state index is 0.257. The number of ether oxygens (including phenoxy) is 1. The number of furan rings is 1. The monoisotopic (exact) mass is 295 g/mol. The average molecular weight is 295 g/mol. The second-order valence-electron chi connectivity index (χ2n) is 5.41. The summed E-state index contributed by atoms with van der Waals surface area (Å²) < 4.78 is 11.4. The number of fused-ring (bicyclic) bond motifs is 1. The lowest BCUT2D eigenvalue weighted by atomic mass is 9.93. The molecule has 3 rings (SSSR count). The van der Waals surface area contributed by atoms with Crippen LogP contribution in [0.2, 0.25) is 0 Å². The van der Waals surface area contributed by atoms with Crippen molar-refractivity contribution in [1.29, 1.82) is 0 Å². The number of nitrogens with one attached hydrogen (secondary N) is 1. The molecule has 0 saturated heterocycles. The van der Waals surface area contributed by atoms with E-state index in [4.69, 9.17) is 9.15 Å². The maximum absolute atomic E-state index is 6.12. The third kappa shape index (κ3) is 3.00. The van der Waals surface area contributed by atoms with Gasteiger partial charge in [0.05, 0.1) is 7.11 Å². The second-order valence-corrected chi connectivity index (χ2v) is 5.41. The first-order valence-electron chi connectivity index (χ1n) is 7.59. The van der Waals surface area contributed by atoms with E-state index in [0.717, 1.165) is 35.4 Å². The van der Waals surface area contributed by atoms with Crippen molar-refractivity contribution in [3.63, 3.8) is 0 Å². The summed E-state index contributed by atoms with van der Waals surface area (Å²) >= 11 is 0. The number of methoxy groups -OCH3 is 1. The van der Waals surface area contributed by atoms with Gasteiger partial charge in [0.25, 0.3) is 0 Å². The standard InChI is InChI=1S/C19H21NO2/c1-20-11-10-17(14-6-4-3-5-7-14)19-12-15-8-9-16(21-2)13-18(15)22-19/h3-9,12-13,17,20H,10-11H2,1-2H3. The van der Waals surface area contributed by atoms with Gasteiger partial charge in [0.15, 0.2) is 0 Å². The molecular weight excluding hydrogens is 274 g/mol. The Hall–Kier alpha value is -2.26. The van der Waals surface area contributed by atoms with E-state index in [1.165, 1.54) is 5.56 Å². The van der Waals surface area contributed by atoms with Crippen molar-refractivity contribution in [3.8, 4) is 5.75 Å². The zero-order valence-electron chi connectivity index (χ0n) is 13.0. The molecule has 1 atom stereocenters. The van der Waals surface area contributed by atoms with E-state index in [0.29, 0.717) is 0 Å². The topological polar surface area (TPSA) is 34.4 Å². The predicted octanol–water partition coefficient (Wildman–Crippen LogP) is 4.18. The van der Waals surface area contributed by atoms with Crippen molar-refractivity contribution in [2.75, 3.05) is 20.7 Å². The van der Waals surface area contributed by atoms with Crippen LogP contribution in [0.1, 0.15) is 23.7 Å². The molecule has 1 unspecified atom stereocenters. The van der Waals surface area contributed by atoms with Crippen molar-refractivity contribution in [2.45, 2.75) is 12.3 Å². The molecule has 0 fully saturated rings. The van der Waals surface area contributed by atoms with Gasteiger partial charge in [0.2, 0.25) is 0 Å². The van der Waals surface area contributed by atoms with Gasteiger partial charge < -0.3 is 14.5 Å². The van der Waals surface area contributed by atoms with Crippen molar-refractivity contribution in [2.24, 2.45) is 0 Å². The molecule has 1 heterocycles. The Bertz CT molecular complexity index is 734. The molecule has 1 aromatic heterocycles. The Kier molecular flexibility index (Phi) is 4.45. The van der Waals surface area contributed by atoms with Gasteiger partial charge in [0, 0.05) is 17.4 Å². The van der Waals surface area contributed by atoms with Gasteiger partial charge >= 0.3 is 0 Å². The van der Waals surface area contributed by atoms with Crippen LogP contribution < -0.4 is 10.1 Å².